The molecule has 1 aromatic carbocycles. The van der Waals surface area contributed by atoms with Gasteiger partial charge >= 0.3 is 5.97 Å². The van der Waals surface area contributed by atoms with Crippen molar-refractivity contribution in [2.75, 3.05) is 0 Å². The van der Waals surface area contributed by atoms with Crippen molar-refractivity contribution in [3.63, 3.8) is 0 Å². The summed E-state index contributed by atoms with van der Waals surface area (Å²) >= 11 is 0. The zero-order valence-corrected chi connectivity index (χ0v) is 8.22. The molecule has 3 nitrogen and oxygen atoms in total. The fraction of sp³-hybridized carbons (Fsp3) is 0. The molecule has 1 heterocycles. The molecule has 0 aliphatic carbocycles. The standard InChI is InChI=1S/C12H8FNO2/c13-9-5-2-1-4-8(9)10-6-3-7-11(14-10)12(15)16/h1-7H,(H,15,16). The first-order chi connectivity index (χ1) is 7.68. The van der Waals surface area contributed by atoms with Crippen molar-refractivity contribution in [2.45, 2.75) is 0 Å². The molecule has 0 fully saturated rings. The SMILES string of the molecule is O=C(O)c1cccc(-c2ccccc2F)n1. The lowest BCUT2D eigenvalue weighted by atomic mass is 10.1. The minimum Gasteiger partial charge on any atom is -0.477 e. The predicted octanol–water partition coefficient (Wildman–Crippen LogP) is 2.59. The highest BCUT2D eigenvalue weighted by Gasteiger charge is 2.09. The molecular formula is C12H8FNO2. The number of carboxylic acid groups (broad SMARTS) is 1. The smallest absolute Gasteiger partial charge is 0.354 e. The molecule has 0 saturated carbocycles. The maximum atomic E-state index is 13.4. The second-order valence-electron chi connectivity index (χ2n) is 3.19. The number of pyridine rings is 1. The molecule has 2 aromatic rings. The highest BCUT2D eigenvalue weighted by molar-refractivity contribution is 5.86. The number of benzene rings is 1. The molecule has 80 valence electrons. The van der Waals surface area contributed by atoms with Gasteiger partial charge in [0.1, 0.15) is 11.5 Å². The van der Waals surface area contributed by atoms with Crippen molar-refractivity contribution < 1.29 is 14.3 Å². The van der Waals surface area contributed by atoms with E-state index in [9.17, 15) is 9.18 Å². The van der Waals surface area contributed by atoms with Gasteiger partial charge in [0.25, 0.3) is 0 Å². The maximum absolute atomic E-state index is 13.4. The Bertz CT molecular complexity index is 540. The third-order valence-electron chi connectivity index (χ3n) is 2.12. The van der Waals surface area contributed by atoms with Crippen molar-refractivity contribution >= 4 is 5.97 Å². The van der Waals surface area contributed by atoms with E-state index in [2.05, 4.69) is 4.98 Å². The number of nitrogens with zero attached hydrogens (tertiary/aromatic N) is 1. The first-order valence-electron chi connectivity index (χ1n) is 4.64. The number of hydrogen-bond acceptors (Lipinski definition) is 2. The van der Waals surface area contributed by atoms with E-state index in [1.165, 1.54) is 18.2 Å². The number of rotatable bonds is 2. The maximum Gasteiger partial charge on any atom is 0.354 e. The lowest BCUT2D eigenvalue weighted by molar-refractivity contribution is 0.0690. The molecule has 0 atom stereocenters. The van der Waals surface area contributed by atoms with Crippen molar-refractivity contribution in [2.24, 2.45) is 0 Å². The Hall–Kier alpha value is -2.23. The summed E-state index contributed by atoms with van der Waals surface area (Å²) in [5.41, 5.74) is 0.518. The van der Waals surface area contributed by atoms with Crippen LogP contribution in [0, 0.1) is 5.82 Å². The van der Waals surface area contributed by atoms with Crippen LogP contribution in [0.5, 0.6) is 0 Å². The summed E-state index contributed by atoms with van der Waals surface area (Å²) in [4.78, 5) is 14.6. The molecule has 4 heteroatoms. The van der Waals surface area contributed by atoms with Crippen LogP contribution >= 0.6 is 0 Å². The molecule has 0 unspecified atom stereocenters. The van der Waals surface area contributed by atoms with Gasteiger partial charge in [-0.05, 0) is 24.3 Å². The topological polar surface area (TPSA) is 50.2 Å². The summed E-state index contributed by atoms with van der Waals surface area (Å²) in [6.45, 7) is 0. The monoisotopic (exact) mass is 217 g/mol. The number of aromatic nitrogens is 1. The van der Waals surface area contributed by atoms with Crippen molar-refractivity contribution in [1.29, 1.82) is 0 Å². The minimum atomic E-state index is -1.13. The fourth-order valence-electron chi connectivity index (χ4n) is 1.37. The lowest BCUT2D eigenvalue weighted by Crippen LogP contribution is -2.00. The quantitative estimate of drug-likeness (QED) is 0.841. The highest BCUT2D eigenvalue weighted by Crippen LogP contribution is 2.20. The van der Waals surface area contributed by atoms with Crippen LogP contribution in [0.15, 0.2) is 42.5 Å². The van der Waals surface area contributed by atoms with Crippen LogP contribution in [0.4, 0.5) is 4.39 Å². The zero-order valence-electron chi connectivity index (χ0n) is 8.22. The second kappa shape index (κ2) is 4.10. The van der Waals surface area contributed by atoms with Gasteiger partial charge < -0.3 is 5.11 Å². The van der Waals surface area contributed by atoms with Gasteiger partial charge in [0.15, 0.2) is 0 Å². The molecule has 16 heavy (non-hydrogen) atoms. The number of halogens is 1. The molecular weight excluding hydrogens is 209 g/mol. The van der Waals surface area contributed by atoms with Crippen LogP contribution in [-0.2, 0) is 0 Å². The third-order valence-corrected chi connectivity index (χ3v) is 2.12. The van der Waals surface area contributed by atoms with Gasteiger partial charge in [-0.3, -0.25) is 0 Å². The zero-order chi connectivity index (χ0) is 11.5. The second-order valence-corrected chi connectivity index (χ2v) is 3.19. The highest BCUT2D eigenvalue weighted by atomic mass is 19.1. The van der Waals surface area contributed by atoms with E-state index in [-0.39, 0.29) is 5.69 Å². The Morgan fingerprint density at radius 2 is 1.88 bits per heavy atom. The lowest BCUT2D eigenvalue weighted by Gasteiger charge is -2.02. The van der Waals surface area contributed by atoms with Gasteiger partial charge in [-0.1, -0.05) is 18.2 Å². The van der Waals surface area contributed by atoms with Gasteiger partial charge in [0.05, 0.1) is 5.69 Å². The Balaban J connectivity index is 2.53. The fourth-order valence-corrected chi connectivity index (χ4v) is 1.37. The molecule has 1 aromatic heterocycles. The van der Waals surface area contributed by atoms with Crippen LogP contribution in [0.25, 0.3) is 11.3 Å². The summed E-state index contributed by atoms with van der Waals surface area (Å²) in [5.74, 6) is -1.55. The Kier molecular flexibility index (Phi) is 2.64. The van der Waals surface area contributed by atoms with E-state index < -0.39 is 11.8 Å². The molecule has 1 N–H and O–H groups in total. The van der Waals surface area contributed by atoms with Crippen LogP contribution < -0.4 is 0 Å². The molecule has 0 bridgehead atoms. The normalized spacial score (nSPS) is 10.1. The van der Waals surface area contributed by atoms with Gasteiger partial charge in [-0.25, -0.2) is 14.2 Å². The number of aromatic carboxylic acids is 1. The van der Waals surface area contributed by atoms with Crippen molar-refractivity contribution in [3.8, 4) is 11.3 Å². The van der Waals surface area contributed by atoms with Crippen LogP contribution in [0.2, 0.25) is 0 Å². The summed E-state index contributed by atoms with van der Waals surface area (Å²) in [7, 11) is 0. The number of carbonyl (C=O) groups is 1. The summed E-state index contributed by atoms with van der Waals surface area (Å²) in [6, 6.07) is 10.6. The Labute approximate surface area is 91.2 Å². The summed E-state index contributed by atoms with van der Waals surface area (Å²) in [5, 5.41) is 8.77. The molecule has 0 aliphatic heterocycles. The van der Waals surface area contributed by atoms with Crippen molar-refractivity contribution in [1.82, 2.24) is 4.98 Å². The number of hydrogen-bond donors (Lipinski definition) is 1. The van der Waals surface area contributed by atoms with E-state index in [0.29, 0.717) is 11.3 Å². The van der Waals surface area contributed by atoms with Gasteiger partial charge in [0, 0.05) is 5.56 Å². The molecule has 0 radical (unpaired) electrons. The average molecular weight is 217 g/mol. The van der Waals surface area contributed by atoms with E-state index in [4.69, 9.17) is 5.11 Å². The summed E-state index contributed by atoms with van der Waals surface area (Å²) in [6.07, 6.45) is 0. The largest absolute Gasteiger partial charge is 0.477 e. The molecule has 0 aliphatic rings. The first-order valence-corrected chi connectivity index (χ1v) is 4.64. The van der Waals surface area contributed by atoms with Crippen molar-refractivity contribution in [3.05, 3.63) is 54.0 Å². The van der Waals surface area contributed by atoms with E-state index in [1.54, 1.807) is 24.3 Å². The first kappa shape index (κ1) is 10.3. The number of carboxylic acids is 1. The Morgan fingerprint density at radius 1 is 1.12 bits per heavy atom. The predicted molar refractivity (Wildman–Crippen MR) is 56.6 cm³/mol. The molecule has 0 amide bonds. The summed E-state index contributed by atoms with van der Waals surface area (Å²) < 4.78 is 13.4. The van der Waals surface area contributed by atoms with Gasteiger partial charge in [-0.2, -0.15) is 0 Å². The average Bonchev–Trinajstić information content (AvgIpc) is 2.30. The van der Waals surface area contributed by atoms with Gasteiger partial charge in [0.2, 0.25) is 0 Å². The molecule has 0 saturated heterocycles. The van der Waals surface area contributed by atoms with Crippen LogP contribution in [0.3, 0.4) is 0 Å². The minimum absolute atomic E-state index is 0.0965. The van der Waals surface area contributed by atoms with E-state index in [1.807, 2.05) is 0 Å². The van der Waals surface area contributed by atoms with Crippen LogP contribution in [0.1, 0.15) is 10.5 Å². The van der Waals surface area contributed by atoms with Crippen LogP contribution in [-0.4, -0.2) is 16.1 Å². The van der Waals surface area contributed by atoms with Gasteiger partial charge in [-0.15, -0.1) is 0 Å². The van der Waals surface area contributed by atoms with E-state index in [0.717, 1.165) is 0 Å². The molecule has 2 rings (SSSR count). The third kappa shape index (κ3) is 1.91. The Morgan fingerprint density at radius 3 is 2.56 bits per heavy atom. The van der Waals surface area contributed by atoms with E-state index >= 15 is 0 Å². The molecule has 0 spiro atoms.